The minimum atomic E-state index is -3.45. The van der Waals surface area contributed by atoms with Gasteiger partial charge >= 0.3 is 0 Å². The molecule has 0 aliphatic carbocycles. The fraction of sp³-hybridized carbons (Fsp3) is 0.240. The van der Waals surface area contributed by atoms with Crippen molar-refractivity contribution in [3.05, 3.63) is 94.5 Å². The number of amides is 1. The zero-order valence-corrected chi connectivity index (χ0v) is 19.2. The van der Waals surface area contributed by atoms with Crippen LogP contribution in [0.1, 0.15) is 39.5 Å². The lowest BCUT2D eigenvalue weighted by atomic mass is 10.1. The Labute approximate surface area is 184 Å². The summed E-state index contributed by atoms with van der Waals surface area (Å²) in [5.41, 5.74) is 5.99. The Hall–Kier alpha value is -3.12. The maximum Gasteiger partial charge on any atom is 0.255 e. The highest BCUT2D eigenvalue weighted by atomic mass is 32.2. The molecule has 0 saturated carbocycles. The number of anilines is 2. The number of benzene rings is 3. The van der Waals surface area contributed by atoms with E-state index in [9.17, 15) is 13.2 Å². The quantitative estimate of drug-likeness (QED) is 0.552. The molecule has 0 bridgehead atoms. The molecule has 162 valence electrons. The topological polar surface area (TPSA) is 66.5 Å². The second kappa shape index (κ2) is 9.35. The minimum absolute atomic E-state index is 0.0185. The van der Waals surface area contributed by atoms with Crippen LogP contribution in [0, 0.1) is 20.8 Å². The molecule has 6 heteroatoms. The van der Waals surface area contributed by atoms with Gasteiger partial charge in [-0.25, -0.2) is 8.42 Å². The summed E-state index contributed by atoms with van der Waals surface area (Å²) < 4.78 is 27.0. The van der Waals surface area contributed by atoms with E-state index in [1.165, 1.54) is 4.31 Å². The van der Waals surface area contributed by atoms with E-state index in [0.29, 0.717) is 16.9 Å². The lowest BCUT2D eigenvalue weighted by Crippen LogP contribution is -2.32. The number of sulfonamides is 1. The number of carbonyl (C=O) groups is 1. The molecule has 0 unspecified atom stereocenters. The Kier molecular flexibility index (Phi) is 6.81. The molecular weight excluding hydrogens is 408 g/mol. The summed E-state index contributed by atoms with van der Waals surface area (Å²) in [6.45, 7) is 7.82. The predicted molar refractivity (Wildman–Crippen MR) is 127 cm³/mol. The third kappa shape index (κ3) is 5.52. The van der Waals surface area contributed by atoms with E-state index in [0.717, 1.165) is 22.3 Å². The molecule has 1 N–H and O–H groups in total. The van der Waals surface area contributed by atoms with Crippen LogP contribution in [0.2, 0.25) is 0 Å². The number of nitrogens with zero attached hydrogens (tertiary/aromatic N) is 1. The highest BCUT2D eigenvalue weighted by Crippen LogP contribution is 2.25. The van der Waals surface area contributed by atoms with Crippen LogP contribution in [-0.4, -0.2) is 20.1 Å². The maximum atomic E-state index is 12.8. The number of nitrogens with one attached hydrogen (secondary N) is 1. The molecule has 0 atom stereocenters. The molecule has 0 aliphatic heterocycles. The fourth-order valence-corrected chi connectivity index (χ4v) is 4.25. The number of hydrogen-bond donors (Lipinski definition) is 1. The molecule has 3 aromatic carbocycles. The molecule has 0 fully saturated rings. The standard InChI is InChI=1S/C25H28N2O3S/c1-5-31(29,30)27(24-15-8-19(3)20(4)16-24)17-21-9-13-23(14-10-21)26-25(28)22-11-6-18(2)7-12-22/h6-16H,5,17H2,1-4H3,(H,26,28). The van der Waals surface area contributed by atoms with Gasteiger partial charge in [0.05, 0.1) is 18.0 Å². The van der Waals surface area contributed by atoms with E-state index < -0.39 is 10.0 Å². The van der Waals surface area contributed by atoms with Crippen molar-refractivity contribution in [3.8, 4) is 0 Å². The molecule has 0 aliphatic rings. The predicted octanol–water partition coefficient (Wildman–Crippen LogP) is 5.22. The molecule has 1 amide bonds. The fourth-order valence-electron chi connectivity index (χ4n) is 3.15. The Morgan fingerprint density at radius 1 is 0.871 bits per heavy atom. The van der Waals surface area contributed by atoms with Crippen molar-refractivity contribution >= 4 is 27.3 Å². The van der Waals surface area contributed by atoms with Gasteiger partial charge in [-0.15, -0.1) is 0 Å². The molecule has 5 nitrogen and oxygen atoms in total. The van der Waals surface area contributed by atoms with Crippen LogP contribution >= 0.6 is 0 Å². The monoisotopic (exact) mass is 436 g/mol. The van der Waals surface area contributed by atoms with Crippen LogP contribution in [0.15, 0.2) is 66.7 Å². The van der Waals surface area contributed by atoms with Crippen molar-refractivity contribution in [2.75, 3.05) is 15.4 Å². The number of hydrogen-bond acceptors (Lipinski definition) is 3. The summed E-state index contributed by atoms with van der Waals surface area (Å²) in [6, 6.07) is 20.3. The average molecular weight is 437 g/mol. The van der Waals surface area contributed by atoms with Gasteiger partial charge in [-0.3, -0.25) is 9.10 Å². The summed E-state index contributed by atoms with van der Waals surface area (Å²) in [5.74, 6) is -0.164. The van der Waals surface area contributed by atoms with Gasteiger partial charge < -0.3 is 5.32 Å². The van der Waals surface area contributed by atoms with Crippen LogP contribution < -0.4 is 9.62 Å². The van der Waals surface area contributed by atoms with Gasteiger partial charge in [-0.1, -0.05) is 35.9 Å². The summed E-state index contributed by atoms with van der Waals surface area (Å²) in [5, 5.41) is 2.87. The van der Waals surface area contributed by atoms with Crippen LogP contribution in [0.3, 0.4) is 0 Å². The zero-order valence-electron chi connectivity index (χ0n) is 18.3. The van der Waals surface area contributed by atoms with Crippen molar-refractivity contribution in [2.24, 2.45) is 0 Å². The molecule has 0 spiro atoms. The van der Waals surface area contributed by atoms with Crippen molar-refractivity contribution < 1.29 is 13.2 Å². The van der Waals surface area contributed by atoms with Gasteiger partial charge in [-0.2, -0.15) is 0 Å². The zero-order chi connectivity index (χ0) is 22.6. The average Bonchev–Trinajstić information content (AvgIpc) is 2.75. The van der Waals surface area contributed by atoms with E-state index in [2.05, 4.69) is 5.32 Å². The number of aryl methyl sites for hydroxylation is 3. The molecule has 3 aromatic rings. The van der Waals surface area contributed by atoms with Gasteiger partial charge in [0.1, 0.15) is 0 Å². The highest BCUT2D eigenvalue weighted by Gasteiger charge is 2.21. The largest absolute Gasteiger partial charge is 0.322 e. The third-order valence-electron chi connectivity index (χ3n) is 5.33. The van der Waals surface area contributed by atoms with E-state index >= 15 is 0 Å². The molecule has 3 rings (SSSR count). The first kappa shape index (κ1) is 22.6. The van der Waals surface area contributed by atoms with E-state index in [1.807, 2.05) is 63.2 Å². The molecule has 31 heavy (non-hydrogen) atoms. The first-order valence-corrected chi connectivity index (χ1v) is 11.8. The number of carbonyl (C=O) groups excluding carboxylic acids is 1. The molecule has 0 radical (unpaired) electrons. The molecule has 0 aromatic heterocycles. The SMILES string of the molecule is CCS(=O)(=O)N(Cc1ccc(NC(=O)c2ccc(C)cc2)cc1)c1ccc(C)c(C)c1. The van der Waals surface area contributed by atoms with Gasteiger partial charge in [0, 0.05) is 11.3 Å². The Morgan fingerprint density at radius 2 is 1.52 bits per heavy atom. The summed E-state index contributed by atoms with van der Waals surface area (Å²) >= 11 is 0. The molecule has 0 heterocycles. The number of rotatable bonds is 7. The first-order valence-electron chi connectivity index (χ1n) is 10.2. The van der Waals surface area contributed by atoms with E-state index in [1.54, 1.807) is 31.2 Å². The van der Waals surface area contributed by atoms with E-state index in [4.69, 9.17) is 0 Å². The van der Waals surface area contributed by atoms with Gasteiger partial charge in [0.2, 0.25) is 10.0 Å². The second-order valence-electron chi connectivity index (χ2n) is 7.69. The maximum absolute atomic E-state index is 12.8. The Morgan fingerprint density at radius 3 is 2.10 bits per heavy atom. The second-order valence-corrected chi connectivity index (χ2v) is 9.87. The summed E-state index contributed by atoms with van der Waals surface area (Å²) in [6.07, 6.45) is 0. The smallest absolute Gasteiger partial charge is 0.255 e. The van der Waals surface area contributed by atoms with Crippen LogP contribution in [-0.2, 0) is 16.6 Å². The Bertz CT molecular complexity index is 1170. The van der Waals surface area contributed by atoms with Crippen molar-refractivity contribution in [1.82, 2.24) is 0 Å². The van der Waals surface area contributed by atoms with Crippen molar-refractivity contribution in [3.63, 3.8) is 0 Å². The minimum Gasteiger partial charge on any atom is -0.322 e. The summed E-state index contributed by atoms with van der Waals surface area (Å²) in [4.78, 5) is 12.4. The van der Waals surface area contributed by atoms with Crippen LogP contribution in [0.5, 0.6) is 0 Å². The van der Waals surface area contributed by atoms with Gasteiger partial charge in [0.25, 0.3) is 5.91 Å². The lowest BCUT2D eigenvalue weighted by molar-refractivity contribution is 0.102. The van der Waals surface area contributed by atoms with Gasteiger partial charge in [0.15, 0.2) is 0 Å². The van der Waals surface area contributed by atoms with Crippen molar-refractivity contribution in [2.45, 2.75) is 34.2 Å². The highest BCUT2D eigenvalue weighted by molar-refractivity contribution is 7.92. The first-order chi connectivity index (χ1) is 14.7. The summed E-state index contributed by atoms with van der Waals surface area (Å²) in [7, 11) is -3.45. The lowest BCUT2D eigenvalue weighted by Gasteiger charge is -2.25. The van der Waals surface area contributed by atoms with Crippen LogP contribution in [0.25, 0.3) is 0 Å². The third-order valence-corrected chi connectivity index (χ3v) is 7.07. The molecular formula is C25H28N2O3S. The van der Waals surface area contributed by atoms with Gasteiger partial charge in [-0.05, 0) is 80.8 Å². The van der Waals surface area contributed by atoms with Crippen molar-refractivity contribution in [1.29, 1.82) is 0 Å². The normalized spacial score (nSPS) is 11.2. The van der Waals surface area contributed by atoms with Crippen LogP contribution in [0.4, 0.5) is 11.4 Å². The Balaban J connectivity index is 1.78. The molecule has 0 saturated heterocycles. The van der Waals surface area contributed by atoms with E-state index in [-0.39, 0.29) is 18.2 Å².